The van der Waals surface area contributed by atoms with E-state index in [0.717, 1.165) is 12.8 Å². The number of rotatable bonds is 10. The minimum Gasteiger partial charge on any atom is -0.459 e. The third-order valence-corrected chi connectivity index (χ3v) is 6.02. The van der Waals surface area contributed by atoms with Gasteiger partial charge < -0.3 is 24.6 Å². The van der Waals surface area contributed by atoms with E-state index in [-0.39, 0.29) is 24.2 Å². The van der Waals surface area contributed by atoms with Crippen LogP contribution in [0.4, 0.5) is 0 Å². The standard InChI is InChI=1S/C26H31NO5/c1-30-14-11-27-26(29)24-16-19(17-25(32-24)31-13-5-4-12-28)21-9-6-10-22-20-8-3-2-7-18(20)15-23(21)22/h2-3,6-10,16,19,25,28H,4-5,11-15,17H2,1H3,(H,27,29). The molecule has 1 aliphatic carbocycles. The van der Waals surface area contributed by atoms with Crippen LogP contribution in [0.1, 0.15) is 41.9 Å². The molecule has 0 spiro atoms. The average molecular weight is 438 g/mol. The Morgan fingerprint density at radius 1 is 1.12 bits per heavy atom. The van der Waals surface area contributed by atoms with Gasteiger partial charge in [0.1, 0.15) is 0 Å². The van der Waals surface area contributed by atoms with E-state index in [4.69, 9.17) is 19.3 Å². The van der Waals surface area contributed by atoms with Crippen LogP contribution in [0.3, 0.4) is 0 Å². The molecule has 1 amide bonds. The zero-order valence-electron chi connectivity index (χ0n) is 18.5. The molecule has 2 atom stereocenters. The van der Waals surface area contributed by atoms with Crippen LogP contribution in [0.2, 0.25) is 0 Å². The van der Waals surface area contributed by atoms with Gasteiger partial charge in [-0.05, 0) is 53.2 Å². The van der Waals surface area contributed by atoms with E-state index >= 15 is 0 Å². The second kappa shape index (κ2) is 10.8. The first-order valence-electron chi connectivity index (χ1n) is 11.3. The fourth-order valence-electron chi connectivity index (χ4n) is 4.45. The van der Waals surface area contributed by atoms with Crippen LogP contribution in [0.25, 0.3) is 11.1 Å². The van der Waals surface area contributed by atoms with Crippen LogP contribution in [-0.4, -0.2) is 50.8 Å². The number of fused-ring (bicyclic) bond motifs is 3. The highest BCUT2D eigenvalue weighted by molar-refractivity contribution is 5.91. The van der Waals surface area contributed by atoms with Crippen LogP contribution < -0.4 is 5.32 Å². The lowest BCUT2D eigenvalue weighted by atomic mass is 9.87. The number of methoxy groups -OCH3 is 1. The SMILES string of the molecule is COCCNC(=O)C1=CC(c2cccc3c2Cc2ccccc2-3)CC(OCCCCO)O1. The monoisotopic (exact) mass is 437 g/mol. The predicted molar refractivity (Wildman–Crippen MR) is 122 cm³/mol. The number of aliphatic hydroxyl groups excluding tert-OH is 1. The zero-order chi connectivity index (χ0) is 22.3. The Labute approximate surface area is 189 Å². The first-order valence-corrected chi connectivity index (χ1v) is 11.3. The molecule has 2 N–H and O–H groups in total. The molecular weight excluding hydrogens is 406 g/mol. The summed E-state index contributed by atoms with van der Waals surface area (Å²) in [5.74, 6) is 0.0447. The highest BCUT2D eigenvalue weighted by Gasteiger charge is 2.31. The molecule has 2 aromatic rings. The van der Waals surface area contributed by atoms with Crippen molar-refractivity contribution in [1.29, 1.82) is 0 Å². The first-order chi connectivity index (χ1) is 15.7. The number of benzene rings is 2. The lowest BCUT2D eigenvalue weighted by Gasteiger charge is -2.30. The number of amides is 1. The molecule has 1 heterocycles. The van der Waals surface area contributed by atoms with Gasteiger partial charge in [-0.15, -0.1) is 0 Å². The van der Waals surface area contributed by atoms with Crippen molar-refractivity contribution in [3.63, 3.8) is 0 Å². The maximum Gasteiger partial charge on any atom is 0.286 e. The Kier molecular flexibility index (Phi) is 7.58. The van der Waals surface area contributed by atoms with Crippen molar-refractivity contribution >= 4 is 5.91 Å². The molecule has 0 bridgehead atoms. The summed E-state index contributed by atoms with van der Waals surface area (Å²) in [6, 6.07) is 14.9. The number of ether oxygens (including phenoxy) is 3. The molecule has 170 valence electrons. The van der Waals surface area contributed by atoms with Crippen LogP contribution >= 0.6 is 0 Å². The number of allylic oxidation sites excluding steroid dienone is 1. The number of aliphatic hydroxyl groups is 1. The van der Waals surface area contributed by atoms with E-state index in [1.807, 2.05) is 6.08 Å². The van der Waals surface area contributed by atoms with Gasteiger partial charge in [0.15, 0.2) is 5.76 Å². The molecule has 0 aromatic heterocycles. The molecule has 4 rings (SSSR count). The van der Waals surface area contributed by atoms with Gasteiger partial charge in [-0.25, -0.2) is 0 Å². The fraction of sp³-hybridized carbons (Fsp3) is 0.423. The Morgan fingerprint density at radius 2 is 1.97 bits per heavy atom. The number of nitrogens with one attached hydrogen (secondary N) is 1. The Bertz CT molecular complexity index is 970. The van der Waals surface area contributed by atoms with Crippen LogP contribution in [-0.2, 0) is 25.4 Å². The summed E-state index contributed by atoms with van der Waals surface area (Å²) >= 11 is 0. The van der Waals surface area contributed by atoms with E-state index in [2.05, 4.69) is 47.8 Å². The fourth-order valence-corrected chi connectivity index (χ4v) is 4.45. The van der Waals surface area contributed by atoms with Gasteiger partial charge in [-0.2, -0.15) is 0 Å². The molecule has 0 saturated heterocycles. The van der Waals surface area contributed by atoms with E-state index < -0.39 is 6.29 Å². The average Bonchev–Trinajstić information content (AvgIpc) is 3.20. The number of carbonyl (C=O) groups is 1. The van der Waals surface area contributed by atoms with Crippen molar-refractivity contribution in [1.82, 2.24) is 5.32 Å². The molecule has 2 unspecified atom stereocenters. The van der Waals surface area contributed by atoms with Gasteiger partial charge in [-0.1, -0.05) is 42.5 Å². The first kappa shape index (κ1) is 22.5. The normalized spacial score (nSPS) is 19.0. The molecule has 6 nitrogen and oxygen atoms in total. The van der Waals surface area contributed by atoms with Crippen molar-refractivity contribution in [2.24, 2.45) is 0 Å². The number of carbonyl (C=O) groups excluding carboxylic acids is 1. The van der Waals surface area contributed by atoms with Gasteiger partial charge in [0.2, 0.25) is 6.29 Å². The van der Waals surface area contributed by atoms with Gasteiger partial charge in [0.05, 0.1) is 13.2 Å². The zero-order valence-corrected chi connectivity index (χ0v) is 18.5. The lowest BCUT2D eigenvalue weighted by molar-refractivity contribution is -0.146. The van der Waals surface area contributed by atoms with Gasteiger partial charge in [0, 0.05) is 32.6 Å². The topological polar surface area (TPSA) is 77.0 Å². The van der Waals surface area contributed by atoms with Crippen molar-refractivity contribution < 1.29 is 24.1 Å². The van der Waals surface area contributed by atoms with Crippen LogP contribution in [0.15, 0.2) is 54.3 Å². The van der Waals surface area contributed by atoms with Gasteiger partial charge in [0.25, 0.3) is 5.91 Å². The number of hydrogen-bond donors (Lipinski definition) is 2. The summed E-state index contributed by atoms with van der Waals surface area (Å²) < 4.78 is 16.9. The third-order valence-electron chi connectivity index (χ3n) is 6.02. The summed E-state index contributed by atoms with van der Waals surface area (Å²) in [4.78, 5) is 12.7. The van der Waals surface area contributed by atoms with E-state index in [1.54, 1.807) is 7.11 Å². The van der Waals surface area contributed by atoms with Crippen molar-refractivity contribution in [2.45, 2.75) is 37.9 Å². The maximum atomic E-state index is 12.7. The van der Waals surface area contributed by atoms with E-state index in [0.29, 0.717) is 32.6 Å². The lowest BCUT2D eigenvalue weighted by Crippen LogP contribution is -2.34. The summed E-state index contributed by atoms with van der Waals surface area (Å²) in [5, 5.41) is 11.9. The highest BCUT2D eigenvalue weighted by atomic mass is 16.7. The molecule has 1 aliphatic heterocycles. The summed E-state index contributed by atoms with van der Waals surface area (Å²) in [6.07, 6.45) is 4.38. The highest BCUT2D eigenvalue weighted by Crippen LogP contribution is 2.42. The molecule has 0 fully saturated rings. The minimum atomic E-state index is -0.508. The summed E-state index contributed by atoms with van der Waals surface area (Å²) in [5.41, 5.74) is 6.42. The van der Waals surface area contributed by atoms with Crippen LogP contribution in [0, 0.1) is 0 Å². The molecule has 2 aromatic carbocycles. The Balaban J connectivity index is 1.58. The van der Waals surface area contributed by atoms with Gasteiger partial charge in [-0.3, -0.25) is 4.79 Å². The second-order valence-electron chi connectivity index (χ2n) is 8.18. The summed E-state index contributed by atoms with van der Waals surface area (Å²) in [6.45, 7) is 1.48. The Hall–Kier alpha value is -2.67. The van der Waals surface area contributed by atoms with Crippen molar-refractivity contribution in [3.8, 4) is 11.1 Å². The quantitative estimate of drug-likeness (QED) is 0.475. The largest absolute Gasteiger partial charge is 0.459 e. The maximum absolute atomic E-state index is 12.7. The molecule has 0 radical (unpaired) electrons. The number of hydrogen-bond acceptors (Lipinski definition) is 5. The third kappa shape index (κ3) is 5.04. The van der Waals surface area contributed by atoms with E-state index in [9.17, 15) is 4.79 Å². The number of unbranched alkanes of at least 4 members (excludes halogenated alkanes) is 1. The smallest absolute Gasteiger partial charge is 0.286 e. The van der Waals surface area contributed by atoms with Crippen molar-refractivity contribution in [3.05, 3.63) is 71.0 Å². The van der Waals surface area contributed by atoms with Crippen molar-refractivity contribution in [2.75, 3.05) is 33.5 Å². The minimum absolute atomic E-state index is 0.0130. The Morgan fingerprint density at radius 3 is 2.81 bits per heavy atom. The second-order valence-corrected chi connectivity index (χ2v) is 8.18. The van der Waals surface area contributed by atoms with Gasteiger partial charge >= 0.3 is 0 Å². The van der Waals surface area contributed by atoms with E-state index in [1.165, 1.54) is 27.8 Å². The molecular formula is C26H31NO5. The molecule has 32 heavy (non-hydrogen) atoms. The molecule has 6 heteroatoms. The predicted octanol–water partition coefficient (Wildman–Crippen LogP) is 3.52. The van der Waals surface area contributed by atoms with Crippen LogP contribution in [0.5, 0.6) is 0 Å². The summed E-state index contributed by atoms with van der Waals surface area (Å²) in [7, 11) is 1.60. The molecule has 0 saturated carbocycles. The molecule has 2 aliphatic rings.